The molecule has 0 saturated heterocycles. The van der Waals surface area contributed by atoms with Gasteiger partial charge in [-0.25, -0.2) is 0 Å². The summed E-state index contributed by atoms with van der Waals surface area (Å²) in [6.07, 6.45) is 2.08. The van der Waals surface area contributed by atoms with Crippen molar-refractivity contribution in [2.75, 3.05) is 13.2 Å². The van der Waals surface area contributed by atoms with Crippen LogP contribution in [0, 0.1) is 27.7 Å². The van der Waals surface area contributed by atoms with Gasteiger partial charge in [-0.15, -0.1) is 0 Å². The molecular weight excluding hydrogens is 282 g/mol. The van der Waals surface area contributed by atoms with E-state index in [1.165, 1.54) is 27.8 Å². The van der Waals surface area contributed by atoms with Gasteiger partial charge >= 0.3 is 0 Å². The Morgan fingerprint density at radius 1 is 0.913 bits per heavy atom. The van der Waals surface area contributed by atoms with Crippen LogP contribution in [0.2, 0.25) is 0 Å². The summed E-state index contributed by atoms with van der Waals surface area (Å²) in [7, 11) is 0. The van der Waals surface area contributed by atoms with Crippen LogP contribution >= 0.6 is 0 Å². The van der Waals surface area contributed by atoms with Crippen molar-refractivity contribution in [3.05, 3.63) is 64.2 Å². The van der Waals surface area contributed by atoms with Gasteiger partial charge in [0.15, 0.2) is 0 Å². The lowest BCUT2D eigenvalue weighted by molar-refractivity contribution is 0.300. The lowest BCUT2D eigenvalue weighted by atomic mass is 9.90. The van der Waals surface area contributed by atoms with E-state index in [1.807, 2.05) is 0 Å². The molecule has 0 aliphatic heterocycles. The standard InChI is InChI=1S/C21H29NO/c1-15-8-10-21(18(4)12-15)23-11-5-6-19(14-22)20-13-16(2)7-9-17(20)3/h7-10,12-13,19H,5-6,11,14,22H2,1-4H3. The molecule has 1 atom stereocenters. The number of aryl methyl sites for hydroxylation is 4. The summed E-state index contributed by atoms with van der Waals surface area (Å²) >= 11 is 0. The highest BCUT2D eigenvalue weighted by Gasteiger charge is 2.12. The number of rotatable bonds is 7. The minimum atomic E-state index is 0.414. The molecular formula is C21H29NO. The molecule has 1 unspecified atom stereocenters. The van der Waals surface area contributed by atoms with Gasteiger partial charge in [-0.3, -0.25) is 0 Å². The molecule has 0 aliphatic carbocycles. The molecule has 0 radical (unpaired) electrons. The third-order valence-electron chi connectivity index (χ3n) is 4.44. The van der Waals surface area contributed by atoms with E-state index < -0.39 is 0 Å². The minimum Gasteiger partial charge on any atom is -0.493 e. The van der Waals surface area contributed by atoms with Crippen molar-refractivity contribution in [3.8, 4) is 5.75 Å². The monoisotopic (exact) mass is 311 g/mol. The van der Waals surface area contributed by atoms with Gasteiger partial charge in [0, 0.05) is 0 Å². The Morgan fingerprint density at radius 3 is 2.30 bits per heavy atom. The Bertz CT molecular complexity index is 648. The minimum absolute atomic E-state index is 0.414. The second-order valence-electron chi connectivity index (χ2n) is 6.55. The first kappa shape index (κ1) is 17.6. The fourth-order valence-electron chi connectivity index (χ4n) is 3.07. The molecule has 2 nitrogen and oxygen atoms in total. The summed E-state index contributed by atoms with van der Waals surface area (Å²) in [5.41, 5.74) is 12.5. The number of ether oxygens (including phenoxy) is 1. The van der Waals surface area contributed by atoms with E-state index in [4.69, 9.17) is 10.5 Å². The van der Waals surface area contributed by atoms with Gasteiger partial charge in [-0.1, -0.05) is 41.5 Å². The predicted octanol–water partition coefficient (Wildman–Crippen LogP) is 4.82. The fraction of sp³-hybridized carbons (Fsp3) is 0.429. The molecule has 2 heteroatoms. The van der Waals surface area contributed by atoms with Gasteiger partial charge in [0.2, 0.25) is 0 Å². The Kier molecular flexibility index (Phi) is 6.23. The maximum atomic E-state index is 6.02. The summed E-state index contributed by atoms with van der Waals surface area (Å²) in [6.45, 7) is 9.94. The highest BCUT2D eigenvalue weighted by atomic mass is 16.5. The Morgan fingerprint density at radius 2 is 1.61 bits per heavy atom. The highest BCUT2D eigenvalue weighted by Crippen LogP contribution is 2.25. The first-order valence-corrected chi connectivity index (χ1v) is 8.48. The molecule has 2 aromatic rings. The van der Waals surface area contributed by atoms with Crippen LogP contribution < -0.4 is 10.5 Å². The van der Waals surface area contributed by atoms with Crippen LogP contribution in [0.1, 0.15) is 46.6 Å². The molecule has 2 N–H and O–H groups in total. The second kappa shape index (κ2) is 8.16. The predicted molar refractivity (Wildman–Crippen MR) is 98.4 cm³/mol. The summed E-state index contributed by atoms with van der Waals surface area (Å²) < 4.78 is 5.94. The van der Waals surface area contributed by atoms with Crippen LogP contribution in [0.15, 0.2) is 36.4 Å². The maximum absolute atomic E-state index is 6.02. The molecule has 2 rings (SSSR count). The summed E-state index contributed by atoms with van der Waals surface area (Å²) in [4.78, 5) is 0. The van der Waals surface area contributed by atoms with Gasteiger partial charge in [0.25, 0.3) is 0 Å². The molecule has 0 heterocycles. The molecule has 124 valence electrons. The van der Waals surface area contributed by atoms with Crippen molar-refractivity contribution in [2.45, 2.75) is 46.5 Å². The zero-order chi connectivity index (χ0) is 16.8. The molecule has 0 fully saturated rings. The van der Waals surface area contributed by atoms with Crippen molar-refractivity contribution in [2.24, 2.45) is 5.73 Å². The molecule has 0 saturated carbocycles. The number of hydrogen-bond donors (Lipinski definition) is 1. The lowest BCUT2D eigenvalue weighted by Crippen LogP contribution is -2.15. The van der Waals surface area contributed by atoms with Gasteiger partial charge in [0.05, 0.1) is 6.61 Å². The number of nitrogens with two attached hydrogens (primary N) is 1. The van der Waals surface area contributed by atoms with E-state index in [9.17, 15) is 0 Å². The fourth-order valence-corrected chi connectivity index (χ4v) is 3.07. The van der Waals surface area contributed by atoms with Crippen LogP contribution in [-0.2, 0) is 0 Å². The van der Waals surface area contributed by atoms with E-state index >= 15 is 0 Å². The summed E-state index contributed by atoms with van der Waals surface area (Å²) in [5, 5.41) is 0. The normalized spacial score (nSPS) is 12.2. The second-order valence-corrected chi connectivity index (χ2v) is 6.55. The Hall–Kier alpha value is -1.80. The van der Waals surface area contributed by atoms with Gasteiger partial charge < -0.3 is 10.5 Å². The molecule has 0 amide bonds. The zero-order valence-corrected chi connectivity index (χ0v) is 14.9. The highest BCUT2D eigenvalue weighted by molar-refractivity contribution is 5.36. The Balaban J connectivity index is 1.90. The topological polar surface area (TPSA) is 35.2 Å². The molecule has 0 spiro atoms. The third-order valence-corrected chi connectivity index (χ3v) is 4.44. The van der Waals surface area contributed by atoms with Crippen molar-refractivity contribution < 1.29 is 4.74 Å². The first-order valence-electron chi connectivity index (χ1n) is 8.48. The van der Waals surface area contributed by atoms with E-state index in [0.29, 0.717) is 12.5 Å². The van der Waals surface area contributed by atoms with Crippen molar-refractivity contribution in [1.82, 2.24) is 0 Å². The quantitative estimate of drug-likeness (QED) is 0.744. The van der Waals surface area contributed by atoms with E-state index in [0.717, 1.165) is 25.2 Å². The summed E-state index contributed by atoms with van der Waals surface area (Å²) in [5.74, 6) is 1.41. The van der Waals surface area contributed by atoms with E-state index in [2.05, 4.69) is 64.1 Å². The Labute approximate surface area is 140 Å². The smallest absolute Gasteiger partial charge is 0.122 e. The molecule has 23 heavy (non-hydrogen) atoms. The number of hydrogen-bond acceptors (Lipinski definition) is 2. The average molecular weight is 311 g/mol. The van der Waals surface area contributed by atoms with Crippen LogP contribution in [0.25, 0.3) is 0 Å². The van der Waals surface area contributed by atoms with Crippen LogP contribution in [0.4, 0.5) is 0 Å². The van der Waals surface area contributed by atoms with Crippen molar-refractivity contribution >= 4 is 0 Å². The van der Waals surface area contributed by atoms with Crippen LogP contribution in [0.5, 0.6) is 5.75 Å². The largest absolute Gasteiger partial charge is 0.493 e. The van der Waals surface area contributed by atoms with Gasteiger partial charge in [-0.2, -0.15) is 0 Å². The van der Waals surface area contributed by atoms with Gasteiger partial charge in [0.1, 0.15) is 5.75 Å². The van der Waals surface area contributed by atoms with Crippen LogP contribution in [0.3, 0.4) is 0 Å². The third kappa shape index (κ3) is 4.84. The van der Waals surface area contributed by atoms with E-state index in [1.54, 1.807) is 0 Å². The molecule has 0 bridgehead atoms. The van der Waals surface area contributed by atoms with Gasteiger partial charge in [-0.05, 0) is 75.8 Å². The maximum Gasteiger partial charge on any atom is 0.122 e. The molecule has 0 aliphatic rings. The molecule has 2 aromatic carbocycles. The lowest BCUT2D eigenvalue weighted by Gasteiger charge is -2.18. The average Bonchev–Trinajstić information content (AvgIpc) is 2.52. The SMILES string of the molecule is Cc1ccc(OCCCC(CN)c2cc(C)ccc2C)c(C)c1. The van der Waals surface area contributed by atoms with Crippen LogP contribution in [-0.4, -0.2) is 13.2 Å². The summed E-state index contributed by atoms with van der Waals surface area (Å²) in [6, 6.07) is 13.0. The van der Waals surface area contributed by atoms with Crippen molar-refractivity contribution in [1.29, 1.82) is 0 Å². The van der Waals surface area contributed by atoms with E-state index in [-0.39, 0.29) is 0 Å². The number of benzene rings is 2. The zero-order valence-electron chi connectivity index (χ0n) is 14.9. The van der Waals surface area contributed by atoms with Crippen molar-refractivity contribution in [3.63, 3.8) is 0 Å². The molecule has 0 aromatic heterocycles. The first-order chi connectivity index (χ1) is 11.0.